The minimum absolute atomic E-state index is 0.206. The van der Waals surface area contributed by atoms with Gasteiger partial charge in [-0.05, 0) is 6.92 Å². The summed E-state index contributed by atoms with van der Waals surface area (Å²) in [5.74, 6) is 0.299. The first-order valence-electron chi connectivity index (χ1n) is 4.95. The summed E-state index contributed by atoms with van der Waals surface area (Å²) in [7, 11) is -4.26. The van der Waals surface area contributed by atoms with Gasteiger partial charge in [0.15, 0.2) is 5.03 Å². The lowest BCUT2D eigenvalue weighted by Gasteiger charge is -2.21. The van der Waals surface area contributed by atoms with E-state index in [9.17, 15) is 21.6 Å². The SMILES string of the molecule is Cc1ncc(S(=O)(=O)N(CCN)CC(F)(F)F)[nH]1. The number of halogens is 3. The van der Waals surface area contributed by atoms with Crippen molar-refractivity contribution in [1.82, 2.24) is 14.3 Å². The Morgan fingerprint density at radius 1 is 1.50 bits per heavy atom. The molecule has 1 aromatic heterocycles. The molecule has 0 spiro atoms. The van der Waals surface area contributed by atoms with Gasteiger partial charge >= 0.3 is 6.18 Å². The van der Waals surface area contributed by atoms with Crippen LogP contribution < -0.4 is 5.73 Å². The van der Waals surface area contributed by atoms with Gasteiger partial charge in [0.2, 0.25) is 0 Å². The number of hydrogen-bond donors (Lipinski definition) is 2. The third-order valence-corrected chi connectivity index (χ3v) is 3.79. The van der Waals surface area contributed by atoms with Crippen LogP contribution in [0, 0.1) is 6.92 Å². The summed E-state index contributed by atoms with van der Waals surface area (Å²) in [6, 6.07) is 0. The van der Waals surface area contributed by atoms with Gasteiger partial charge in [0.25, 0.3) is 10.0 Å². The average Bonchev–Trinajstić information content (AvgIpc) is 2.63. The van der Waals surface area contributed by atoms with Crippen LogP contribution in [0.15, 0.2) is 11.2 Å². The molecule has 0 aliphatic carbocycles. The highest BCUT2D eigenvalue weighted by molar-refractivity contribution is 7.89. The fourth-order valence-electron chi connectivity index (χ4n) is 1.30. The molecule has 104 valence electrons. The number of aromatic amines is 1. The van der Waals surface area contributed by atoms with E-state index in [0.29, 0.717) is 5.82 Å². The third-order valence-electron chi connectivity index (χ3n) is 2.03. The lowest BCUT2D eigenvalue weighted by atomic mass is 10.5. The summed E-state index contributed by atoms with van der Waals surface area (Å²) in [5, 5.41) is -0.377. The molecule has 1 aromatic rings. The fraction of sp³-hybridized carbons (Fsp3) is 0.625. The molecule has 0 atom stereocenters. The third kappa shape index (κ3) is 3.68. The van der Waals surface area contributed by atoms with Crippen molar-refractivity contribution in [2.75, 3.05) is 19.6 Å². The number of hydrogen-bond acceptors (Lipinski definition) is 4. The Labute approximate surface area is 102 Å². The first kappa shape index (κ1) is 14.9. The van der Waals surface area contributed by atoms with Gasteiger partial charge in [-0.2, -0.15) is 17.5 Å². The highest BCUT2D eigenvalue weighted by Crippen LogP contribution is 2.21. The number of aromatic nitrogens is 2. The first-order chi connectivity index (χ1) is 8.16. The number of rotatable bonds is 5. The van der Waals surface area contributed by atoms with Gasteiger partial charge in [-0.3, -0.25) is 0 Å². The second kappa shape index (κ2) is 5.24. The Hall–Kier alpha value is -1.13. The first-order valence-corrected chi connectivity index (χ1v) is 6.39. The standard InChI is InChI=1S/C8H13F3N4O2S/c1-6-13-4-7(14-6)18(16,17)15(3-2-12)5-8(9,10)11/h4H,2-3,5,12H2,1H3,(H,13,14). The molecule has 3 N–H and O–H groups in total. The van der Waals surface area contributed by atoms with Crippen LogP contribution in [0.5, 0.6) is 0 Å². The largest absolute Gasteiger partial charge is 0.402 e. The smallest absolute Gasteiger partial charge is 0.332 e. The van der Waals surface area contributed by atoms with Crippen molar-refractivity contribution in [1.29, 1.82) is 0 Å². The predicted molar refractivity (Wildman–Crippen MR) is 57.2 cm³/mol. The molecule has 0 aliphatic rings. The van der Waals surface area contributed by atoms with Crippen LogP contribution in [0.2, 0.25) is 0 Å². The molecule has 6 nitrogen and oxygen atoms in total. The molecule has 0 radical (unpaired) electrons. The topological polar surface area (TPSA) is 92.1 Å². The molecular formula is C8H13F3N4O2S. The molecule has 0 fully saturated rings. The fourth-order valence-corrected chi connectivity index (χ4v) is 2.70. The zero-order chi connectivity index (χ0) is 14.0. The Morgan fingerprint density at radius 3 is 2.50 bits per heavy atom. The molecule has 0 unspecified atom stereocenters. The molecule has 0 saturated carbocycles. The molecule has 0 saturated heterocycles. The molecule has 1 rings (SSSR count). The maximum atomic E-state index is 12.3. The van der Waals surface area contributed by atoms with Crippen LogP contribution in [-0.4, -0.2) is 48.5 Å². The number of H-pyrrole nitrogens is 1. The minimum Gasteiger partial charge on any atom is -0.332 e. The van der Waals surface area contributed by atoms with Crippen molar-refractivity contribution in [2.45, 2.75) is 18.1 Å². The van der Waals surface area contributed by atoms with Crippen LogP contribution in [0.4, 0.5) is 13.2 Å². The van der Waals surface area contributed by atoms with Gasteiger partial charge in [0.1, 0.15) is 12.4 Å². The highest BCUT2D eigenvalue weighted by atomic mass is 32.2. The summed E-state index contributed by atoms with van der Waals surface area (Å²) in [6.07, 6.45) is -3.65. The average molecular weight is 286 g/mol. The van der Waals surface area contributed by atoms with E-state index in [4.69, 9.17) is 5.73 Å². The van der Waals surface area contributed by atoms with E-state index in [1.54, 1.807) is 0 Å². The lowest BCUT2D eigenvalue weighted by Crippen LogP contribution is -2.41. The van der Waals surface area contributed by atoms with Gasteiger partial charge in [-0.15, -0.1) is 0 Å². The number of nitrogens with one attached hydrogen (secondary N) is 1. The normalized spacial score (nSPS) is 13.2. The van der Waals surface area contributed by atoms with E-state index < -0.39 is 29.3 Å². The summed E-state index contributed by atoms with van der Waals surface area (Å²) in [4.78, 5) is 6.04. The number of aryl methyl sites for hydroxylation is 1. The number of sulfonamides is 1. The van der Waals surface area contributed by atoms with E-state index in [1.807, 2.05) is 0 Å². The van der Waals surface area contributed by atoms with Crippen molar-refractivity contribution in [3.8, 4) is 0 Å². The zero-order valence-electron chi connectivity index (χ0n) is 9.53. The number of alkyl halides is 3. The second-order valence-electron chi connectivity index (χ2n) is 3.58. The number of imidazole rings is 1. The maximum Gasteiger partial charge on any atom is 0.402 e. The van der Waals surface area contributed by atoms with Crippen LogP contribution in [0.3, 0.4) is 0 Å². The quantitative estimate of drug-likeness (QED) is 0.810. The van der Waals surface area contributed by atoms with Crippen LogP contribution in [-0.2, 0) is 10.0 Å². The Bertz CT molecular complexity index is 497. The Morgan fingerprint density at radius 2 is 2.11 bits per heavy atom. The summed E-state index contributed by atoms with van der Waals surface area (Å²) in [6.45, 7) is -0.705. The lowest BCUT2D eigenvalue weighted by molar-refractivity contribution is -0.136. The van der Waals surface area contributed by atoms with Crippen molar-refractivity contribution < 1.29 is 21.6 Å². The molecule has 0 amide bonds. The zero-order valence-corrected chi connectivity index (χ0v) is 10.3. The summed E-state index contributed by atoms with van der Waals surface area (Å²) < 4.78 is 61.0. The summed E-state index contributed by atoms with van der Waals surface area (Å²) >= 11 is 0. The van der Waals surface area contributed by atoms with E-state index >= 15 is 0 Å². The Kier molecular flexibility index (Phi) is 4.35. The van der Waals surface area contributed by atoms with Crippen molar-refractivity contribution in [3.63, 3.8) is 0 Å². The minimum atomic E-state index is -4.63. The molecule has 0 aromatic carbocycles. The molecule has 18 heavy (non-hydrogen) atoms. The van der Waals surface area contributed by atoms with Crippen molar-refractivity contribution in [2.24, 2.45) is 5.73 Å². The van der Waals surface area contributed by atoms with Gasteiger partial charge in [-0.1, -0.05) is 0 Å². The number of nitrogens with zero attached hydrogens (tertiary/aromatic N) is 2. The van der Waals surface area contributed by atoms with E-state index in [-0.39, 0.29) is 15.9 Å². The van der Waals surface area contributed by atoms with Crippen molar-refractivity contribution in [3.05, 3.63) is 12.0 Å². The molecular weight excluding hydrogens is 273 g/mol. The second-order valence-corrected chi connectivity index (χ2v) is 5.48. The van der Waals surface area contributed by atoms with Gasteiger partial charge in [0, 0.05) is 13.1 Å². The molecule has 10 heteroatoms. The van der Waals surface area contributed by atoms with Crippen LogP contribution in [0.25, 0.3) is 0 Å². The van der Waals surface area contributed by atoms with Crippen LogP contribution in [0.1, 0.15) is 5.82 Å². The Balaban J connectivity index is 3.04. The molecule has 0 bridgehead atoms. The predicted octanol–water partition coefficient (Wildman–Crippen LogP) is 0.230. The monoisotopic (exact) mass is 286 g/mol. The summed E-state index contributed by atoms with van der Waals surface area (Å²) in [5.41, 5.74) is 5.13. The van der Waals surface area contributed by atoms with E-state index in [1.165, 1.54) is 6.92 Å². The van der Waals surface area contributed by atoms with E-state index in [2.05, 4.69) is 9.97 Å². The van der Waals surface area contributed by atoms with Crippen LogP contribution >= 0.6 is 0 Å². The van der Waals surface area contributed by atoms with E-state index in [0.717, 1.165) is 6.20 Å². The van der Waals surface area contributed by atoms with Gasteiger partial charge in [0.05, 0.1) is 6.20 Å². The number of nitrogens with two attached hydrogens (primary N) is 1. The maximum absolute atomic E-state index is 12.3. The molecule has 1 heterocycles. The molecule has 0 aliphatic heterocycles. The van der Waals surface area contributed by atoms with Gasteiger partial charge in [-0.25, -0.2) is 13.4 Å². The highest BCUT2D eigenvalue weighted by Gasteiger charge is 2.37. The van der Waals surface area contributed by atoms with Gasteiger partial charge < -0.3 is 10.7 Å². The van der Waals surface area contributed by atoms with Crippen molar-refractivity contribution >= 4 is 10.0 Å².